The summed E-state index contributed by atoms with van der Waals surface area (Å²) in [4.78, 5) is 40.1. The van der Waals surface area contributed by atoms with Crippen molar-refractivity contribution in [3.8, 4) is 5.75 Å². The Kier molecular flexibility index (Phi) is 7.53. The van der Waals surface area contributed by atoms with Crippen LogP contribution in [0, 0.1) is 0 Å². The van der Waals surface area contributed by atoms with Gasteiger partial charge in [0, 0.05) is 50.5 Å². The van der Waals surface area contributed by atoms with Crippen LogP contribution in [0.15, 0.2) is 30.6 Å². The maximum Gasteiger partial charge on any atom is 0.407 e. The third kappa shape index (κ3) is 6.53. The molecule has 2 saturated carbocycles. The van der Waals surface area contributed by atoms with E-state index in [2.05, 4.69) is 41.1 Å². The van der Waals surface area contributed by atoms with Crippen LogP contribution in [0.5, 0.6) is 5.75 Å². The van der Waals surface area contributed by atoms with Gasteiger partial charge in [-0.25, -0.2) is 19.1 Å². The first kappa shape index (κ1) is 26.1. The second-order valence-corrected chi connectivity index (χ2v) is 10.5. The number of benzene rings is 1. The zero-order valence-corrected chi connectivity index (χ0v) is 22.6. The summed E-state index contributed by atoms with van der Waals surface area (Å²) in [5.41, 5.74) is 1.72. The molecule has 13 heteroatoms. The van der Waals surface area contributed by atoms with Crippen molar-refractivity contribution in [1.82, 2.24) is 35.1 Å². The first-order valence-corrected chi connectivity index (χ1v) is 14.0. The molecule has 1 saturated heterocycles. The minimum absolute atomic E-state index is 0.105. The van der Waals surface area contributed by atoms with E-state index in [-0.39, 0.29) is 24.3 Å². The van der Waals surface area contributed by atoms with Gasteiger partial charge in [0.2, 0.25) is 5.95 Å². The maximum atomic E-state index is 12.7. The van der Waals surface area contributed by atoms with Crippen LogP contribution in [0.25, 0.3) is 11.2 Å². The number of anilines is 3. The highest BCUT2D eigenvalue weighted by Crippen LogP contribution is 2.26. The van der Waals surface area contributed by atoms with Crippen molar-refractivity contribution in [2.75, 3.05) is 43.9 Å². The molecule has 40 heavy (non-hydrogen) atoms. The second kappa shape index (κ2) is 11.5. The Bertz CT molecular complexity index is 1360. The topological polar surface area (TPSA) is 148 Å². The standard InChI is InChI=1S/C27H35N9O4/c1-28-23-22-24(36(16-29-22)26(37)31-17-5-6-17)34-25(33-23)30-19-3-2-4-21(15-19)40-20-9-11-35(12-10-20)13-14-39-27(38)32-18-7-8-18/h2-4,15-18,20H,5-14H2,1H3,(H,31,37)(H,32,38)(H2,28,30,33,34). The fourth-order valence-corrected chi connectivity index (χ4v) is 4.67. The predicted octanol–water partition coefficient (Wildman–Crippen LogP) is 3.06. The Hall–Kier alpha value is -4.13. The molecule has 13 nitrogen and oxygen atoms in total. The van der Waals surface area contributed by atoms with Crippen LogP contribution in [-0.2, 0) is 4.74 Å². The summed E-state index contributed by atoms with van der Waals surface area (Å²) in [5.74, 6) is 1.63. The lowest BCUT2D eigenvalue weighted by Gasteiger charge is -2.32. The number of ether oxygens (including phenoxy) is 2. The summed E-state index contributed by atoms with van der Waals surface area (Å²) in [6.07, 6.45) is 7.14. The summed E-state index contributed by atoms with van der Waals surface area (Å²) in [7, 11) is 1.76. The number of nitrogens with one attached hydrogen (secondary N) is 4. The van der Waals surface area contributed by atoms with Crippen molar-refractivity contribution >= 4 is 40.7 Å². The summed E-state index contributed by atoms with van der Waals surface area (Å²) in [5, 5.41) is 12.1. The zero-order valence-electron chi connectivity index (χ0n) is 22.6. The molecule has 0 radical (unpaired) electrons. The van der Waals surface area contributed by atoms with Crippen molar-refractivity contribution < 1.29 is 19.1 Å². The van der Waals surface area contributed by atoms with E-state index in [0.717, 1.165) is 69.6 Å². The molecule has 3 aromatic rings. The number of hydrogen-bond acceptors (Lipinski definition) is 10. The number of carbonyl (C=O) groups excluding carboxylic acids is 2. The number of fused-ring (bicyclic) bond motifs is 1. The van der Waals surface area contributed by atoms with E-state index < -0.39 is 0 Å². The monoisotopic (exact) mass is 549 g/mol. The summed E-state index contributed by atoms with van der Waals surface area (Å²) in [6, 6.07) is 7.98. The van der Waals surface area contributed by atoms with E-state index in [0.29, 0.717) is 35.6 Å². The highest BCUT2D eigenvalue weighted by Gasteiger charge is 2.26. The van der Waals surface area contributed by atoms with E-state index in [4.69, 9.17) is 9.47 Å². The van der Waals surface area contributed by atoms with Crippen LogP contribution < -0.4 is 26.0 Å². The molecule has 212 valence electrons. The normalized spacial score (nSPS) is 17.8. The number of hydrogen-bond donors (Lipinski definition) is 4. The number of imidazole rings is 1. The molecule has 0 bridgehead atoms. The molecule has 1 aromatic carbocycles. The summed E-state index contributed by atoms with van der Waals surface area (Å²) >= 11 is 0. The Morgan fingerprint density at radius 3 is 2.55 bits per heavy atom. The fourth-order valence-electron chi connectivity index (χ4n) is 4.67. The van der Waals surface area contributed by atoms with Crippen LogP contribution in [0.2, 0.25) is 0 Å². The number of likely N-dealkylation sites (tertiary alicyclic amines) is 1. The molecule has 3 heterocycles. The Labute approximate surface area is 232 Å². The van der Waals surface area contributed by atoms with E-state index in [1.165, 1.54) is 10.9 Å². The number of piperidine rings is 1. The number of amides is 2. The Morgan fingerprint density at radius 1 is 1.02 bits per heavy atom. The van der Waals surface area contributed by atoms with Crippen LogP contribution in [0.4, 0.5) is 27.0 Å². The van der Waals surface area contributed by atoms with Gasteiger partial charge in [-0.2, -0.15) is 9.97 Å². The fraction of sp³-hybridized carbons (Fsp3) is 0.519. The smallest absolute Gasteiger partial charge is 0.407 e. The van der Waals surface area contributed by atoms with Crippen molar-refractivity contribution in [3.63, 3.8) is 0 Å². The minimum atomic E-state index is -0.314. The molecule has 2 aliphatic carbocycles. The average molecular weight is 550 g/mol. The number of aromatic nitrogens is 4. The van der Waals surface area contributed by atoms with Gasteiger partial charge in [-0.1, -0.05) is 6.07 Å². The van der Waals surface area contributed by atoms with Crippen molar-refractivity contribution in [1.29, 1.82) is 0 Å². The van der Waals surface area contributed by atoms with Crippen LogP contribution in [-0.4, -0.2) is 88.0 Å². The average Bonchev–Trinajstić information content (AvgIpc) is 3.89. The van der Waals surface area contributed by atoms with Gasteiger partial charge in [-0.3, -0.25) is 4.90 Å². The van der Waals surface area contributed by atoms with Crippen molar-refractivity contribution in [2.45, 2.75) is 56.7 Å². The molecule has 2 amide bonds. The third-order valence-electron chi connectivity index (χ3n) is 7.22. The lowest BCUT2D eigenvalue weighted by atomic mass is 10.1. The van der Waals surface area contributed by atoms with Gasteiger partial charge in [-0.15, -0.1) is 0 Å². The van der Waals surface area contributed by atoms with Gasteiger partial charge < -0.3 is 30.7 Å². The molecule has 6 rings (SSSR count). The van der Waals surface area contributed by atoms with Gasteiger partial charge in [0.15, 0.2) is 17.0 Å². The molecule has 3 fully saturated rings. The maximum absolute atomic E-state index is 12.7. The molecular formula is C27H35N9O4. The summed E-state index contributed by atoms with van der Waals surface area (Å²) in [6.45, 7) is 2.90. The Balaban J connectivity index is 1.04. The first-order chi connectivity index (χ1) is 19.5. The Morgan fingerprint density at radius 2 is 1.80 bits per heavy atom. The predicted molar refractivity (Wildman–Crippen MR) is 149 cm³/mol. The summed E-state index contributed by atoms with van der Waals surface area (Å²) < 4.78 is 13.0. The zero-order chi connectivity index (χ0) is 27.5. The van der Waals surface area contributed by atoms with Crippen molar-refractivity contribution in [2.24, 2.45) is 0 Å². The van der Waals surface area contributed by atoms with E-state index >= 15 is 0 Å². The van der Waals surface area contributed by atoms with Gasteiger partial charge in [0.25, 0.3) is 0 Å². The molecule has 0 atom stereocenters. The quantitative estimate of drug-likeness (QED) is 0.297. The molecular weight excluding hydrogens is 514 g/mol. The van der Waals surface area contributed by atoms with E-state index in [9.17, 15) is 9.59 Å². The molecule has 4 N–H and O–H groups in total. The van der Waals surface area contributed by atoms with E-state index in [1.807, 2.05) is 24.3 Å². The van der Waals surface area contributed by atoms with Crippen LogP contribution in [0.1, 0.15) is 38.5 Å². The van der Waals surface area contributed by atoms with Crippen LogP contribution in [0.3, 0.4) is 0 Å². The van der Waals surface area contributed by atoms with Gasteiger partial charge in [0.05, 0.1) is 0 Å². The highest BCUT2D eigenvalue weighted by atomic mass is 16.5. The SMILES string of the molecule is CNc1nc(Nc2cccc(OC3CCN(CCOC(=O)NC4CC4)CC3)c2)nc2c1ncn2C(=O)NC1CC1. The first-order valence-electron chi connectivity index (χ1n) is 14.0. The number of carbonyl (C=O) groups is 2. The lowest BCUT2D eigenvalue weighted by Crippen LogP contribution is -2.40. The van der Waals surface area contributed by atoms with Crippen molar-refractivity contribution in [3.05, 3.63) is 30.6 Å². The third-order valence-corrected chi connectivity index (χ3v) is 7.22. The van der Waals surface area contributed by atoms with Crippen LogP contribution >= 0.6 is 0 Å². The number of alkyl carbamates (subject to hydrolysis) is 1. The molecule has 0 unspecified atom stereocenters. The van der Waals surface area contributed by atoms with Gasteiger partial charge in [-0.05, 0) is 50.7 Å². The molecule has 1 aliphatic heterocycles. The molecule has 0 spiro atoms. The van der Waals surface area contributed by atoms with E-state index in [1.54, 1.807) is 7.05 Å². The number of rotatable bonds is 10. The largest absolute Gasteiger partial charge is 0.490 e. The highest BCUT2D eigenvalue weighted by molar-refractivity contribution is 5.92. The lowest BCUT2D eigenvalue weighted by molar-refractivity contribution is 0.0800. The molecule has 2 aromatic heterocycles. The number of nitrogens with zero attached hydrogens (tertiary/aromatic N) is 5. The molecule has 3 aliphatic rings. The second-order valence-electron chi connectivity index (χ2n) is 10.5. The minimum Gasteiger partial charge on any atom is -0.490 e. The van der Waals surface area contributed by atoms with Gasteiger partial charge >= 0.3 is 12.1 Å². The van der Waals surface area contributed by atoms with Gasteiger partial charge in [0.1, 0.15) is 24.8 Å².